The average Bonchev–Trinajstić information content (AvgIpc) is 2.25. The Labute approximate surface area is 84.2 Å². The van der Waals surface area contributed by atoms with Crippen molar-refractivity contribution in [1.82, 2.24) is 0 Å². The highest BCUT2D eigenvalue weighted by atomic mass is 16.5. The molecule has 1 aromatic carbocycles. The van der Waals surface area contributed by atoms with Crippen molar-refractivity contribution >= 4 is 5.97 Å². The molecule has 0 fully saturated rings. The highest BCUT2D eigenvalue weighted by molar-refractivity contribution is 5.81. The Hall–Kier alpha value is -1.57. The minimum absolute atomic E-state index is 0.349. The summed E-state index contributed by atoms with van der Waals surface area (Å²) in [6, 6.07) is 10.1. The van der Waals surface area contributed by atoms with Crippen molar-refractivity contribution in [3.05, 3.63) is 48.6 Å². The molecule has 0 saturated heterocycles. The van der Waals surface area contributed by atoms with Gasteiger partial charge in [-0.15, -0.1) is 0 Å². The Balaban J connectivity index is 2.16. The molecule has 0 saturated carbocycles. The molecule has 0 aliphatic rings. The number of ether oxygens (including phenoxy) is 1. The normalized spacial score (nSPS) is 9.43. The van der Waals surface area contributed by atoms with Crippen molar-refractivity contribution in [2.45, 2.75) is 12.8 Å². The summed E-state index contributed by atoms with van der Waals surface area (Å²) in [5.74, 6) is -0.349. The maximum Gasteiger partial charge on any atom is 0.330 e. The number of carbonyl (C=O) groups excluding carboxylic acids is 1. The standard InChI is InChI=1S/C12H14O2/c1-2-12(13)14-10-6-9-11-7-4-3-5-8-11/h2-5,7-8H,1,6,9-10H2. The predicted octanol–water partition coefficient (Wildman–Crippen LogP) is 2.35. The molecule has 0 radical (unpaired) electrons. The van der Waals surface area contributed by atoms with Gasteiger partial charge >= 0.3 is 5.97 Å². The zero-order valence-corrected chi connectivity index (χ0v) is 8.11. The van der Waals surface area contributed by atoms with E-state index in [0.717, 1.165) is 12.8 Å². The zero-order valence-electron chi connectivity index (χ0n) is 8.11. The van der Waals surface area contributed by atoms with Crippen LogP contribution in [-0.4, -0.2) is 12.6 Å². The lowest BCUT2D eigenvalue weighted by atomic mass is 10.1. The molecule has 1 aromatic rings. The second-order valence-corrected chi connectivity index (χ2v) is 2.96. The summed E-state index contributed by atoms with van der Waals surface area (Å²) in [4.78, 5) is 10.7. The number of aryl methyl sites for hydroxylation is 1. The van der Waals surface area contributed by atoms with Crippen molar-refractivity contribution in [3.8, 4) is 0 Å². The van der Waals surface area contributed by atoms with Gasteiger partial charge in [-0.05, 0) is 18.4 Å². The summed E-state index contributed by atoms with van der Waals surface area (Å²) in [5, 5.41) is 0. The smallest absolute Gasteiger partial charge is 0.330 e. The topological polar surface area (TPSA) is 26.3 Å². The monoisotopic (exact) mass is 190 g/mol. The van der Waals surface area contributed by atoms with Gasteiger partial charge in [0, 0.05) is 6.08 Å². The van der Waals surface area contributed by atoms with Crippen molar-refractivity contribution in [1.29, 1.82) is 0 Å². The first kappa shape index (κ1) is 10.5. The van der Waals surface area contributed by atoms with E-state index in [-0.39, 0.29) is 5.97 Å². The second kappa shape index (κ2) is 5.97. The van der Waals surface area contributed by atoms with E-state index in [2.05, 4.69) is 18.7 Å². The maximum atomic E-state index is 10.7. The molecule has 1 rings (SSSR count). The SMILES string of the molecule is C=CC(=O)OCCCc1ccccc1. The average molecular weight is 190 g/mol. The molecule has 0 amide bonds. The minimum atomic E-state index is -0.349. The Morgan fingerprint density at radius 3 is 2.71 bits per heavy atom. The highest BCUT2D eigenvalue weighted by Crippen LogP contribution is 2.02. The van der Waals surface area contributed by atoms with Gasteiger partial charge in [0.1, 0.15) is 0 Å². The highest BCUT2D eigenvalue weighted by Gasteiger charge is 1.95. The van der Waals surface area contributed by atoms with Crippen LogP contribution in [0.25, 0.3) is 0 Å². The van der Waals surface area contributed by atoms with E-state index in [0.29, 0.717) is 6.61 Å². The lowest BCUT2D eigenvalue weighted by Gasteiger charge is -2.01. The Bertz CT molecular complexity index is 290. The van der Waals surface area contributed by atoms with E-state index < -0.39 is 0 Å². The summed E-state index contributed by atoms with van der Waals surface area (Å²) in [5.41, 5.74) is 1.27. The quantitative estimate of drug-likeness (QED) is 0.404. The fraction of sp³-hybridized carbons (Fsp3) is 0.250. The zero-order chi connectivity index (χ0) is 10.2. The molecule has 0 unspecified atom stereocenters. The number of rotatable bonds is 5. The lowest BCUT2D eigenvalue weighted by Crippen LogP contribution is -2.02. The first-order valence-electron chi connectivity index (χ1n) is 4.66. The molecule has 74 valence electrons. The molecule has 0 aliphatic carbocycles. The van der Waals surface area contributed by atoms with Crippen molar-refractivity contribution in [2.24, 2.45) is 0 Å². The van der Waals surface area contributed by atoms with E-state index in [1.807, 2.05) is 18.2 Å². The van der Waals surface area contributed by atoms with Gasteiger partial charge in [-0.3, -0.25) is 0 Å². The molecule has 2 heteroatoms. The van der Waals surface area contributed by atoms with Gasteiger partial charge in [-0.25, -0.2) is 4.79 Å². The van der Waals surface area contributed by atoms with Gasteiger partial charge in [-0.1, -0.05) is 36.9 Å². The largest absolute Gasteiger partial charge is 0.463 e. The number of carbonyl (C=O) groups is 1. The molecular weight excluding hydrogens is 176 g/mol. The summed E-state index contributed by atoms with van der Waals surface area (Å²) < 4.78 is 4.86. The van der Waals surface area contributed by atoms with Gasteiger partial charge in [-0.2, -0.15) is 0 Å². The van der Waals surface area contributed by atoms with Crippen molar-refractivity contribution in [3.63, 3.8) is 0 Å². The molecule has 0 N–H and O–H groups in total. The van der Waals surface area contributed by atoms with Gasteiger partial charge < -0.3 is 4.74 Å². The van der Waals surface area contributed by atoms with Crippen LogP contribution >= 0.6 is 0 Å². The third kappa shape index (κ3) is 3.90. The fourth-order valence-corrected chi connectivity index (χ4v) is 1.15. The number of benzene rings is 1. The fourth-order valence-electron chi connectivity index (χ4n) is 1.15. The summed E-state index contributed by atoms with van der Waals surface area (Å²) >= 11 is 0. The predicted molar refractivity (Wildman–Crippen MR) is 55.9 cm³/mol. The molecule has 14 heavy (non-hydrogen) atoms. The number of hydrogen-bond donors (Lipinski definition) is 0. The number of esters is 1. The van der Waals surface area contributed by atoms with Crippen LogP contribution in [0.1, 0.15) is 12.0 Å². The van der Waals surface area contributed by atoms with Crippen LogP contribution in [0.15, 0.2) is 43.0 Å². The van der Waals surface area contributed by atoms with E-state index in [1.54, 1.807) is 0 Å². The number of hydrogen-bond acceptors (Lipinski definition) is 2. The van der Waals surface area contributed by atoms with Crippen LogP contribution in [0.3, 0.4) is 0 Å². The third-order valence-electron chi connectivity index (χ3n) is 1.86. The molecule has 0 aliphatic heterocycles. The van der Waals surface area contributed by atoms with Crippen LogP contribution in [0.2, 0.25) is 0 Å². The van der Waals surface area contributed by atoms with Gasteiger partial charge in [0.25, 0.3) is 0 Å². The van der Waals surface area contributed by atoms with Crippen LogP contribution in [0, 0.1) is 0 Å². The van der Waals surface area contributed by atoms with E-state index in [4.69, 9.17) is 4.74 Å². The van der Waals surface area contributed by atoms with Crippen molar-refractivity contribution < 1.29 is 9.53 Å². The summed E-state index contributed by atoms with van der Waals surface area (Å²) in [7, 11) is 0. The van der Waals surface area contributed by atoms with E-state index >= 15 is 0 Å². The molecule has 0 heterocycles. The van der Waals surface area contributed by atoms with Crippen LogP contribution < -0.4 is 0 Å². The van der Waals surface area contributed by atoms with Crippen molar-refractivity contribution in [2.75, 3.05) is 6.61 Å². The minimum Gasteiger partial charge on any atom is -0.463 e. The first-order chi connectivity index (χ1) is 6.83. The maximum absolute atomic E-state index is 10.7. The molecule has 0 atom stereocenters. The molecular formula is C12H14O2. The third-order valence-corrected chi connectivity index (χ3v) is 1.86. The van der Waals surface area contributed by atoms with Gasteiger partial charge in [0.2, 0.25) is 0 Å². The molecule has 0 aromatic heterocycles. The summed E-state index contributed by atoms with van der Waals surface area (Å²) in [6.45, 7) is 3.78. The Morgan fingerprint density at radius 2 is 2.07 bits per heavy atom. The second-order valence-electron chi connectivity index (χ2n) is 2.96. The van der Waals surface area contributed by atoms with Gasteiger partial charge in [0.05, 0.1) is 6.61 Å². The van der Waals surface area contributed by atoms with Crippen LogP contribution in [0.4, 0.5) is 0 Å². The van der Waals surface area contributed by atoms with E-state index in [9.17, 15) is 4.79 Å². The molecule has 0 bridgehead atoms. The molecule has 2 nitrogen and oxygen atoms in total. The lowest BCUT2D eigenvalue weighted by molar-refractivity contribution is -0.137. The van der Waals surface area contributed by atoms with Crippen LogP contribution in [-0.2, 0) is 16.0 Å². The Morgan fingerprint density at radius 1 is 1.36 bits per heavy atom. The van der Waals surface area contributed by atoms with E-state index in [1.165, 1.54) is 11.6 Å². The first-order valence-corrected chi connectivity index (χ1v) is 4.66. The Kier molecular flexibility index (Phi) is 4.48. The van der Waals surface area contributed by atoms with Crippen LogP contribution in [0.5, 0.6) is 0 Å². The molecule has 0 spiro atoms. The summed E-state index contributed by atoms with van der Waals surface area (Å²) in [6.07, 6.45) is 2.97. The van der Waals surface area contributed by atoms with Gasteiger partial charge in [0.15, 0.2) is 0 Å².